The Bertz CT molecular complexity index is 827. The molecule has 2 N–H and O–H groups in total. The summed E-state index contributed by atoms with van der Waals surface area (Å²) in [7, 11) is 0. The van der Waals surface area contributed by atoms with Crippen LogP contribution >= 0.6 is 0 Å². The monoisotopic (exact) mass is 318 g/mol. The van der Waals surface area contributed by atoms with Gasteiger partial charge in [-0.25, -0.2) is 4.68 Å². The molecule has 122 valence electrons. The molecule has 1 aromatic heterocycles. The summed E-state index contributed by atoms with van der Waals surface area (Å²) in [6.07, 6.45) is 4.12. The van der Waals surface area contributed by atoms with Gasteiger partial charge in [-0.1, -0.05) is 70.9 Å². The Morgan fingerprint density at radius 3 is 2.17 bits per heavy atom. The van der Waals surface area contributed by atoms with E-state index < -0.39 is 0 Å². The van der Waals surface area contributed by atoms with E-state index in [4.69, 9.17) is 5.73 Å². The molecule has 4 heteroatoms. The number of hydrogen-bond acceptors (Lipinski definition) is 3. The largest absolute Gasteiger partial charge is 0.325 e. The van der Waals surface area contributed by atoms with Gasteiger partial charge >= 0.3 is 0 Å². The second kappa shape index (κ2) is 7.23. The van der Waals surface area contributed by atoms with E-state index in [0.29, 0.717) is 13.1 Å². The van der Waals surface area contributed by atoms with E-state index in [0.717, 1.165) is 17.0 Å². The summed E-state index contributed by atoms with van der Waals surface area (Å²) in [6.45, 7) is 5.23. The van der Waals surface area contributed by atoms with Gasteiger partial charge in [-0.15, -0.1) is 5.10 Å². The third-order valence-corrected chi connectivity index (χ3v) is 4.00. The van der Waals surface area contributed by atoms with E-state index >= 15 is 0 Å². The number of nitrogens with zero attached hydrogens (tertiary/aromatic N) is 3. The fourth-order valence-corrected chi connectivity index (χ4v) is 2.52. The maximum atomic E-state index is 5.82. The highest BCUT2D eigenvalue weighted by Crippen LogP contribution is 2.14. The van der Waals surface area contributed by atoms with Crippen LogP contribution in [-0.4, -0.2) is 15.0 Å². The Morgan fingerprint density at radius 1 is 0.917 bits per heavy atom. The van der Waals surface area contributed by atoms with Gasteiger partial charge in [0.15, 0.2) is 0 Å². The lowest BCUT2D eigenvalue weighted by molar-refractivity contribution is 0.644. The summed E-state index contributed by atoms with van der Waals surface area (Å²) in [4.78, 5) is 0. The number of aromatic nitrogens is 3. The van der Waals surface area contributed by atoms with Crippen LogP contribution in [0.5, 0.6) is 0 Å². The predicted molar refractivity (Wildman–Crippen MR) is 98.3 cm³/mol. The zero-order chi connectivity index (χ0) is 16.9. The number of aryl methyl sites for hydroxylation is 2. The van der Waals surface area contributed by atoms with Gasteiger partial charge in [-0.3, -0.25) is 0 Å². The van der Waals surface area contributed by atoms with Crippen LogP contribution in [0, 0.1) is 13.8 Å². The lowest BCUT2D eigenvalue weighted by Crippen LogP contribution is -2.05. The summed E-state index contributed by atoms with van der Waals surface area (Å²) < 4.78 is 1.90. The highest BCUT2D eigenvalue weighted by molar-refractivity contribution is 5.69. The third kappa shape index (κ3) is 3.78. The summed E-state index contributed by atoms with van der Waals surface area (Å²) in [5.74, 6) is 0. The lowest BCUT2D eigenvalue weighted by atomic mass is 10.1. The summed E-state index contributed by atoms with van der Waals surface area (Å²) >= 11 is 0. The van der Waals surface area contributed by atoms with Gasteiger partial charge in [0.05, 0.1) is 12.2 Å². The van der Waals surface area contributed by atoms with Crippen molar-refractivity contribution in [2.45, 2.75) is 26.9 Å². The van der Waals surface area contributed by atoms with Gasteiger partial charge in [0, 0.05) is 6.54 Å². The molecular formula is C20H22N4. The average molecular weight is 318 g/mol. The van der Waals surface area contributed by atoms with Crippen molar-refractivity contribution in [3.05, 3.63) is 82.2 Å². The van der Waals surface area contributed by atoms with Gasteiger partial charge in [-0.05, 0) is 31.1 Å². The molecule has 0 bridgehead atoms. The van der Waals surface area contributed by atoms with E-state index in [-0.39, 0.29) is 0 Å². The molecule has 0 spiro atoms. The van der Waals surface area contributed by atoms with Gasteiger partial charge in [0.25, 0.3) is 0 Å². The van der Waals surface area contributed by atoms with E-state index in [9.17, 15) is 0 Å². The molecule has 4 nitrogen and oxygen atoms in total. The zero-order valence-electron chi connectivity index (χ0n) is 14.1. The van der Waals surface area contributed by atoms with Crippen LogP contribution in [0.2, 0.25) is 0 Å². The van der Waals surface area contributed by atoms with Crippen LogP contribution < -0.4 is 5.73 Å². The van der Waals surface area contributed by atoms with Gasteiger partial charge in [-0.2, -0.15) is 0 Å². The van der Waals surface area contributed by atoms with E-state index in [2.05, 4.69) is 78.8 Å². The molecule has 0 fully saturated rings. The summed E-state index contributed by atoms with van der Waals surface area (Å²) in [5.41, 5.74) is 12.4. The minimum absolute atomic E-state index is 0.376. The number of hydrogen-bond donors (Lipinski definition) is 1. The second-order valence-electron chi connectivity index (χ2n) is 6.01. The molecule has 0 atom stereocenters. The Morgan fingerprint density at radius 2 is 1.54 bits per heavy atom. The second-order valence-corrected chi connectivity index (χ2v) is 6.01. The molecule has 0 unspecified atom stereocenters. The van der Waals surface area contributed by atoms with Crippen LogP contribution in [0.3, 0.4) is 0 Å². The fourth-order valence-electron chi connectivity index (χ4n) is 2.52. The Balaban J connectivity index is 1.87. The molecule has 0 saturated heterocycles. The van der Waals surface area contributed by atoms with Crippen molar-refractivity contribution in [1.29, 1.82) is 0 Å². The van der Waals surface area contributed by atoms with Crippen LogP contribution in [0.1, 0.15) is 33.6 Å². The average Bonchev–Trinajstić information content (AvgIpc) is 2.98. The van der Waals surface area contributed by atoms with E-state index in [1.807, 2.05) is 10.8 Å². The minimum Gasteiger partial charge on any atom is -0.325 e. The molecular weight excluding hydrogens is 296 g/mol. The van der Waals surface area contributed by atoms with Crippen molar-refractivity contribution in [1.82, 2.24) is 15.0 Å². The molecule has 1 heterocycles. The van der Waals surface area contributed by atoms with Crippen LogP contribution in [0.15, 0.2) is 48.5 Å². The first-order valence-corrected chi connectivity index (χ1v) is 8.08. The quantitative estimate of drug-likeness (QED) is 0.782. The highest BCUT2D eigenvalue weighted by atomic mass is 15.4. The summed E-state index contributed by atoms with van der Waals surface area (Å²) in [6, 6.07) is 16.9. The number of nitrogens with two attached hydrogens (primary N) is 1. The standard InChI is InChI=1S/C20H22N4/c1-15-3-7-17(8-4-15)11-12-20-19(13-21)22-23-24(20)14-18-9-5-16(2)6-10-18/h3-12H,13-14,21H2,1-2H3/b12-11+. The van der Waals surface area contributed by atoms with Gasteiger partial charge < -0.3 is 5.73 Å². The number of benzene rings is 2. The van der Waals surface area contributed by atoms with Crippen LogP contribution in [-0.2, 0) is 13.1 Å². The van der Waals surface area contributed by atoms with Crippen molar-refractivity contribution >= 4 is 12.2 Å². The Labute approximate surface area is 142 Å². The molecule has 3 aromatic rings. The van der Waals surface area contributed by atoms with E-state index in [1.165, 1.54) is 16.7 Å². The predicted octanol–water partition coefficient (Wildman–Crippen LogP) is 3.57. The molecule has 0 aliphatic heterocycles. The molecule has 2 aromatic carbocycles. The summed E-state index contributed by atoms with van der Waals surface area (Å²) in [5, 5.41) is 8.48. The van der Waals surface area contributed by atoms with E-state index in [1.54, 1.807) is 0 Å². The maximum absolute atomic E-state index is 5.82. The fraction of sp³-hybridized carbons (Fsp3) is 0.200. The topological polar surface area (TPSA) is 56.7 Å². The zero-order valence-corrected chi connectivity index (χ0v) is 14.1. The molecule has 24 heavy (non-hydrogen) atoms. The van der Waals surface area contributed by atoms with Crippen molar-refractivity contribution in [3.8, 4) is 0 Å². The minimum atomic E-state index is 0.376. The van der Waals surface area contributed by atoms with Crippen LogP contribution in [0.4, 0.5) is 0 Å². The first kappa shape index (κ1) is 16.1. The molecule has 0 radical (unpaired) electrons. The first-order chi connectivity index (χ1) is 11.7. The van der Waals surface area contributed by atoms with Crippen molar-refractivity contribution in [2.24, 2.45) is 5.73 Å². The van der Waals surface area contributed by atoms with Gasteiger partial charge in [0.2, 0.25) is 0 Å². The molecule has 3 rings (SSSR count). The normalized spacial score (nSPS) is 11.3. The highest BCUT2D eigenvalue weighted by Gasteiger charge is 2.09. The van der Waals surface area contributed by atoms with Crippen molar-refractivity contribution in [3.63, 3.8) is 0 Å². The molecule has 0 saturated carbocycles. The molecule has 0 aliphatic carbocycles. The first-order valence-electron chi connectivity index (χ1n) is 8.08. The molecule has 0 amide bonds. The Hall–Kier alpha value is -2.72. The third-order valence-electron chi connectivity index (χ3n) is 4.00. The SMILES string of the molecule is Cc1ccc(/C=C/c2c(CN)nnn2Cc2ccc(C)cc2)cc1. The van der Waals surface area contributed by atoms with Gasteiger partial charge in [0.1, 0.15) is 5.69 Å². The smallest absolute Gasteiger partial charge is 0.104 e. The van der Waals surface area contributed by atoms with Crippen molar-refractivity contribution in [2.75, 3.05) is 0 Å². The Kier molecular flexibility index (Phi) is 4.87. The van der Waals surface area contributed by atoms with Crippen LogP contribution in [0.25, 0.3) is 12.2 Å². The van der Waals surface area contributed by atoms with Crippen molar-refractivity contribution < 1.29 is 0 Å². The molecule has 0 aliphatic rings. The number of rotatable bonds is 5. The lowest BCUT2D eigenvalue weighted by Gasteiger charge is -2.05. The maximum Gasteiger partial charge on any atom is 0.104 e.